The Kier molecular flexibility index (Phi) is 4.88. The van der Waals surface area contributed by atoms with Crippen molar-refractivity contribution in [2.45, 2.75) is 25.2 Å². The first-order chi connectivity index (χ1) is 18.9. The number of aryl methyl sites for hydroxylation is 1. The summed E-state index contributed by atoms with van der Waals surface area (Å²) in [6.45, 7) is 0. The summed E-state index contributed by atoms with van der Waals surface area (Å²) in [4.78, 5) is 0. The van der Waals surface area contributed by atoms with E-state index in [0.717, 1.165) is 6.42 Å². The molecule has 180 valence electrons. The molecule has 0 saturated carbocycles. The third-order valence-corrected chi connectivity index (χ3v) is 8.76. The Bertz CT molecular complexity index is 2000. The third-order valence-electron chi connectivity index (χ3n) is 8.76. The van der Waals surface area contributed by atoms with Gasteiger partial charge in [-0.15, -0.1) is 0 Å². The molecule has 0 saturated heterocycles. The molecule has 0 spiro atoms. The highest BCUT2D eigenvalue weighted by Gasteiger charge is 2.27. The summed E-state index contributed by atoms with van der Waals surface area (Å²) in [5.41, 5.74) is 7.25. The first-order valence-electron chi connectivity index (χ1n) is 13.8. The van der Waals surface area contributed by atoms with Crippen LogP contribution in [0.15, 0.2) is 127 Å². The van der Waals surface area contributed by atoms with Gasteiger partial charge in [-0.3, -0.25) is 0 Å². The first-order valence-corrected chi connectivity index (χ1v) is 13.8. The van der Waals surface area contributed by atoms with Gasteiger partial charge in [0.15, 0.2) is 0 Å². The minimum atomic E-state index is 0.383. The van der Waals surface area contributed by atoms with E-state index in [4.69, 9.17) is 0 Å². The SMILES string of the molecule is c1ccc2c(-c3c(C4CCCc5c4ccc4c5ccc5ccccc54)ccc4ccccc34)cccc2c1. The van der Waals surface area contributed by atoms with Crippen LogP contribution in [0.25, 0.3) is 54.2 Å². The molecule has 0 heteroatoms. The van der Waals surface area contributed by atoms with Crippen LogP contribution in [0.1, 0.15) is 35.4 Å². The Balaban J connectivity index is 1.41. The monoisotopic (exact) mass is 484 g/mol. The van der Waals surface area contributed by atoms with Crippen molar-refractivity contribution in [1.29, 1.82) is 0 Å². The second-order valence-electron chi connectivity index (χ2n) is 10.7. The molecule has 0 N–H and O–H groups in total. The van der Waals surface area contributed by atoms with Crippen LogP contribution in [0.4, 0.5) is 0 Å². The summed E-state index contributed by atoms with van der Waals surface area (Å²) in [5.74, 6) is 0.383. The maximum atomic E-state index is 2.44. The molecule has 0 nitrogen and oxygen atoms in total. The fraction of sp³-hybridized carbons (Fsp3) is 0.105. The Morgan fingerprint density at radius 1 is 0.421 bits per heavy atom. The first kappa shape index (κ1) is 21.6. The quantitative estimate of drug-likeness (QED) is 0.214. The fourth-order valence-corrected chi connectivity index (χ4v) is 7.06. The van der Waals surface area contributed by atoms with Crippen molar-refractivity contribution in [3.63, 3.8) is 0 Å². The van der Waals surface area contributed by atoms with Crippen LogP contribution in [-0.4, -0.2) is 0 Å². The third kappa shape index (κ3) is 3.23. The number of fused-ring (bicyclic) bond motifs is 7. The van der Waals surface area contributed by atoms with Crippen molar-refractivity contribution < 1.29 is 0 Å². The minimum absolute atomic E-state index is 0.383. The van der Waals surface area contributed by atoms with Gasteiger partial charge in [0.1, 0.15) is 0 Å². The summed E-state index contributed by atoms with van der Waals surface area (Å²) in [7, 11) is 0. The van der Waals surface area contributed by atoms with E-state index in [1.165, 1.54) is 78.2 Å². The predicted molar refractivity (Wildman–Crippen MR) is 163 cm³/mol. The Morgan fingerprint density at radius 2 is 1.03 bits per heavy atom. The molecule has 1 unspecified atom stereocenters. The smallest absolute Gasteiger partial charge is 0.00987 e. The zero-order valence-corrected chi connectivity index (χ0v) is 21.3. The van der Waals surface area contributed by atoms with Gasteiger partial charge in [0, 0.05) is 5.92 Å². The van der Waals surface area contributed by atoms with Crippen LogP contribution in [0, 0.1) is 0 Å². The Labute approximate surface area is 223 Å². The summed E-state index contributed by atoms with van der Waals surface area (Å²) in [6.07, 6.45) is 3.55. The van der Waals surface area contributed by atoms with Gasteiger partial charge in [0.25, 0.3) is 0 Å². The van der Waals surface area contributed by atoms with Crippen LogP contribution in [0.5, 0.6) is 0 Å². The van der Waals surface area contributed by atoms with E-state index >= 15 is 0 Å². The summed E-state index contributed by atoms with van der Waals surface area (Å²) >= 11 is 0. The van der Waals surface area contributed by atoms with Crippen molar-refractivity contribution in [2.24, 2.45) is 0 Å². The molecule has 7 aromatic rings. The molecule has 0 amide bonds. The van der Waals surface area contributed by atoms with Gasteiger partial charge in [0.2, 0.25) is 0 Å². The van der Waals surface area contributed by atoms with E-state index in [1.54, 1.807) is 5.56 Å². The molecule has 0 fully saturated rings. The lowest BCUT2D eigenvalue weighted by atomic mass is 9.74. The van der Waals surface area contributed by atoms with Crippen LogP contribution in [0.3, 0.4) is 0 Å². The average molecular weight is 485 g/mol. The molecule has 7 aromatic carbocycles. The lowest BCUT2D eigenvalue weighted by Gasteiger charge is -2.30. The van der Waals surface area contributed by atoms with Gasteiger partial charge in [-0.2, -0.15) is 0 Å². The van der Waals surface area contributed by atoms with Gasteiger partial charge < -0.3 is 0 Å². The lowest BCUT2D eigenvalue weighted by molar-refractivity contribution is 0.620. The molecule has 0 aromatic heterocycles. The summed E-state index contributed by atoms with van der Waals surface area (Å²) in [6, 6.07) is 47.5. The molecule has 0 bridgehead atoms. The Hall–Kier alpha value is -4.42. The molecular weight excluding hydrogens is 456 g/mol. The van der Waals surface area contributed by atoms with Crippen LogP contribution in [0.2, 0.25) is 0 Å². The van der Waals surface area contributed by atoms with Gasteiger partial charge in [0.05, 0.1) is 0 Å². The van der Waals surface area contributed by atoms with Gasteiger partial charge in [-0.05, 0) is 90.2 Å². The second-order valence-corrected chi connectivity index (χ2v) is 10.7. The van der Waals surface area contributed by atoms with Crippen LogP contribution >= 0.6 is 0 Å². The van der Waals surface area contributed by atoms with E-state index in [-0.39, 0.29) is 0 Å². The lowest BCUT2D eigenvalue weighted by Crippen LogP contribution is -2.13. The Morgan fingerprint density at radius 3 is 1.87 bits per heavy atom. The standard InChI is InChI=1S/C38H28/c1-5-14-29-25(9-1)12-7-18-36(29)38-30-15-6-3-11-27(30)20-22-37(38)32-17-8-16-31-34-21-19-26-10-2-4-13-28(26)33(34)23-24-35(31)32/h1-7,9-15,18-24,32H,8,16-17H2. The zero-order valence-electron chi connectivity index (χ0n) is 21.3. The summed E-state index contributed by atoms with van der Waals surface area (Å²) < 4.78 is 0. The molecule has 1 atom stereocenters. The highest BCUT2D eigenvalue weighted by atomic mass is 14.3. The van der Waals surface area contributed by atoms with Crippen LogP contribution in [-0.2, 0) is 6.42 Å². The van der Waals surface area contributed by atoms with Gasteiger partial charge >= 0.3 is 0 Å². The van der Waals surface area contributed by atoms with E-state index < -0.39 is 0 Å². The molecular formula is C38H28. The molecule has 0 aliphatic heterocycles. The van der Waals surface area contributed by atoms with E-state index in [0.29, 0.717) is 5.92 Å². The molecule has 0 heterocycles. The maximum Gasteiger partial charge on any atom is 0.00987 e. The van der Waals surface area contributed by atoms with E-state index in [9.17, 15) is 0 Å². The van der Waals surface area contributed by atoms with Gasteiger partial charge in [-0.1, -0.05) is 127 Å². The normalized spacial score (nSPS) is 15.3. The molecule has 0 radical (unpaired) electrons. The number of benzene rings is 7. The van der Waals surface area contributed by atoms with Crippen molar-refractivity contribution >= 4 is 43.1 Å². The highest BCUT2D eigenvalue weighted by Crippen LogP contribution is 2.46. The predicted octanol–water partition coefficient (Wildman–Crippen LogP) is 10.4. The number of hydrogen-bond acceptors (Lipinski definition) is 0. The molecule has 1 aliphatic rings. The molecule has 1 aliphatic carbocycles. The number of rotatable bonds is 2. The van der Waals surface area contributed by atoms with Crippen molar-refractivity contribution in [1.82, 2.24) is 0 Å². The van der Waals surface area contributed by atoms with Crippen molar-refractivity contribution in [3.05, 3.63) is 144 Å². The molecule has 8 rings (SSSR count). The van der Waals surface area contributed by atoms with Crippen molar-refractivity contribution in [3.8, 4) is 11.1 Å². The minimum Gasteiger partial charge on any atom is -0.0616 e. The molecule has 38 heavy (non-hydrogen) atoms. The second kappa shape index (κ2) is 8.57. The van der Waals surface area contributed by atoms with Gasteiger partial charge in [-0.25, -0.2) is 0 Å². The zero-order chi connectivity index (χ0) is 25.1. The topological polar surface area (TPSA) is 0 Å². The van der Waals surface area contributed by atoms with E-state index in [1.807, 2.05) is 0 Å². The maximum absolute atomic E-state index is 2.44. The fourth-order valence-electron chi connectivity index (χ4n) is 7.06. The van der Waals surface area contributed by atoms with Crippen molar-refractivity contribution in [2.75, 3.05) is 0 Å². The highest BCUT2D eigenvalue weighted by molar-refractivity contribution is 6.09. The van der Waals surface area contributed by atoms with E-state index in [2.05, 4.69) is 127 Å². The average Bonchev–Trinajstić information content (AvgIpc) is 2.99. The summed E-state index contributed by atoms with van der Waals surface area (Å²) in [5, 5.41) is 10.8. The number of hydrogen-bond donors (Lipinski definition) is 0. The van der Waals surface area contributed by atoms with Crippen LogP contribution < -0.4 is 0 Å². The largest absolute Gasteiger partial charge is 0.0616 e.